The molecule has 1 unspecified atom stereocenters. The van der Waals surface area contributed by atoms with Crippen molar-refractivity contribution in [2.24, 2.45) is 5.92 Å². The second kappa shape index (κ2) is 6.55. The fraction of sp³-hybridized carbons (Fsp3) is 1.00. The fourth-order valence-corrected chi connectivity index (χ4v) is 4.37. The first kappa shape index (κ1) is 15.3. The van der Waals surface area contributed by atoms with Crippen LogP contribution in [-0.2, 0) is 10.0 Å². The minimum Gasteiger partial charge on any atom is -0.311 e. The van der Waals surface area contributed by atoms with Gasteiger partial charge in [0.25, 0.3) is 0 Å². The lowest BCUT2D eigenvalue weighted by atomic mass is 9.84. The molecule has 0 aromatic heterocycles. The van der Waals surface area contributed by atoms with Gasteiger partial charge in [-0.05, 0) is 38.5 Å². The molecule has 0 bridgehead atoms. The zero-order valence-corrected chi connectivity index (χ0v) is 13.1. The molecule has 1 heterocycles. The Kier molecular flexibility index (Phi) is 5.26. The van der Waals surface area contributed by atoms with E-state index in [0.29, 0.717) is 25.2 Å². The molecule has 2 aliphatic rings. The monoisotopic (exact) mass is 288 g/mol. The third-order valence-corrected chi connectivity index (χ3v) is 6.08. The quantitative estimate of drug-likeness (QED) is 0.860. The molecule has 2 fully saturated rings. The Bertz CT molecular complexity index is 369. The smallest absolute Gasteiger partial charge is 0.211 e. The maximum absolute atomic E-state index is 11.5. The number of rotatable bonds is 4. The third-order valence-electron chi connectivity index (χ3n) is 4.78. The zero-order chi connectivity index (χ0) is 13.9. The van der Waals surface area contributed by atoms with E-state index in [1.165, 1.54) is 38.4 Å². The van der Waals surface area contributed by atoms with Crippen LogP contribution in [0, 0.1) is 5.92 Å². The van der Waals surface area contributed by atoms with Crippen LogP contribution in [0.2, 0.25) is 0 Å². The summed E-state index contributed by atoms with van der Waals surface area (Å²) in [6.45, 7) is 3.65. The van der Waals surface area contributed by atoms with Crippen LogP contribution in [0.4, 0.5) is 0 Å². The third kappa shape index (κ3) is 4.43. The lowest BCUT2D eigenvalue weighted by molar-refractivity contribution is 0.225. The van der Waals surface area contributed by atoms with Crippen molar-refractivity contribution in [3.63, 3.8) is 0 Å². The van der Waals surface area contributed by atoms with Gasteiger partial charge in [0.15, 0.2) is 0 Å². The summed E-state index contributed by atoms with van der Waals surface area (Å²) in [4.78, 5) is 0. The van der Waals surface area contributed by atoms with Crippen molar-refractivity contribution in [3.05, 3.63) is 0 Å². The standard InChI is InChI=1S/C14H28N2O2S/c1-12(13-6-4-3-5-7-13)15-14-8-10-16(11-9-14)19(2,17)18/h12-15H,3-11H2,1-2H3. The van der Waals surface area contributed by atoms with Gasteiger partial charge in [-0.15, -0.1) is 0 Å². The van der Waals surface area contributed by atoms with Crippen LogP contribution in [0.1, 0.15) is 51.9 Å². The number of nitrogens with zero attached hydrogens (tertiary/aromatic N) is 1. The highest BCUT2D eigenvalue weighted by atomic mass is 32.2. The zero-order valence-electron chi connectivity index (χ0n) is 12.3. The van der Waals surface area contributed by atoms with E-state index in [1.54, 1.807) is 4.31 Å². The van der Waals surface area contributed by atoms with E-state index in [2.05, 4.69) is 12.2 Å². The number of sulfonamides is 1. The maximum Gasteiger partial charge on any atom is 0.211 e. The Balaban J connectivity index is 1.75. The Morgan fingerprint density at radius 1 is 1.05 bits per heavy atom. The molecular formula is C14H28N2O2S. The normalized spacial score (nSPS) is 26.4. The molecule has 1 saturated heterocycles. The van der Waals surface area contributed by atoms with Crippen LogP contribution in [0.15, 0.2) is 0 Å². The summed E-state index contributed by atoms with van der Waals surface area (Å²) in [6.07, 6.45) is 10.1. The van der Waals surface area contributed by atoms with Gasteiger partial charge < -0.3 is 5.32 Å². The predicted molar refractivity (Wildman–Crippen MR) is 78.6 cm³/mol. The summed E-state index contributed by atoms with van der Waals surface area (Å²) in [6, 6.07) is 1.07. The van der Waals surface area contributed by atoms with Crippen LogP contribution in [-0.4, -0.2) is 44.2 Å². The van der Waals surface area contributed by atoms with Crippen molar-refractivity contribution in [1.82, 2.24) is 9.62 Å². The number of piperidine rings is 1. The van der Waals surface area contributed by atoms with Crippen molar-refractivity contribution in [1.29, 1.82) is 0 Å². The van der Waals surface area contributed by atoms with Crippen molar-refractivity contribution in [2.45, 2.75) is 64.0 Å². The van der Waals surface area contributed by atoms with Crippen LogP contribution < -0.4 is 5.32 Å². The van der Waals surface area contributed by atoms with E-state index in [9.17, 15) is 8.42 Å². The van der Waals surface area contributed by atoms with Gasteiger partial charge in [0.2, 0.25) is 10.0 Å². The minimum atomic E-state index is -2.99. The van der Waals surface area contributed by atoms with Crippen molar-refractivity contribution < 1.29 is 8.42 Å². The topological polar surface area (TPSA) is 49.4 Å². The molecular weight excluding hydrogens is 260 g/mol. The van der Waals surface area contributed by atoms with E-state index >= 15 is 0 Å². The molecule has 19 heavy (non-hydrogen) atoms. The Hall–Kier alpha value is -0.130. The summed E-state index contributed by atoms with van der Waals surface area (Å²) < 4.78 is 24.5. The van der Waals surface area contributed by atoms with Crippen LogP contribution in [0.5, 0.6) is 0 Å². The van der Waals surface area contributed by atoms with Gasteiger partial charge in [-0.25, -0.2) is 12.7 Å². The second-order valence-corrected chi connectivity index (χ2v) is 8.27. The second-order valence-electron chi connectivity index (χ2n) is 6.29. The van der Waals surface area contributed by atoms with Gasteiger partial charge in [-0.1, -0.05) is 19.3 Å². The minimum absolute atomic E-state index is 0.495. The van der Waals surface area contributed by atoms with E-state index in [1.807, 2.05) is 0 Å². The lowest BCUT2D eigenvalue weighted by Gasteiger charge is -2.35. The molecule has 112 valence electrons. The Labute approximate surface area is 118 Å². The Morgan fingerprint density at radius 3 is 2.16 bits per heavy atom. The predicted octanol–water partition coefficient (Wildman–Crippen LogP) is 1.97. The van der Waals surface area contributed by atoms with Crippen molar-refractivity contribution in [2.75, 3.05) is 19.3 Å². The van der Waals surface area contributed by atoms with Gasteiger partial charge in [0.1, 0.15) is 0 Å². The van der Waals surface area contributed by atoms with Crippen LogP contribution in [0.3, 0.4) is 0 Å². The van der Waals surface area contributed by atoms with Gasteiger partial charge in [0, 0.05) is 25.2 Å². The molecule has 1 aliphatic heterocycles. The number of nitrogens with one attached hydrogen (secondary N) is 1. The molecule has 2 rings (SSSR count). The molecule has 0 aromatic rings. The molecule has 0 amide bonds. The highest BCUT2D eigenvalue weighted by molar-refractivity contribution is 7.88. The summed E-state index contributed by atoms with van der Waals surface area (Å²) in [5, 5.41) is 3.74. The molecule has 0 aromatic carbocycles. The molecule has 4 nitrogen and oxygen atoms in total. The van der Waals surface area contributed by atoms with E-state index in [4.69, 9.17) is 0 Å². The molecule has 1 saturated carbocycles. The summed E-state index contributed by atoms with van der Waals surface area (Å²) in [7, 11) is -2.99. The molecule has 5 heteroatoms. The highest BCUT2D eigenvalue weighted by Gasteiger charge is 2.27. The van der Waals surface area contributed by atoms with Crippen LogP contribution in [0.25, 0.3) is 0 Å². The Morgan fingerprint density at radius 2 is 1.63 bits per heavy atom. The SMILES string of the molecule is CC(NC1CCN(S(C)(=O)=O)CC1)C1CCCCC1. The molecule has 1 atom stereocenters. The van der Waals surface area contributed by atoms with Crippen molar-refractivity contribution >= 4 is 10.0 Å². The fourth-order valence-electron chi connectivity index (χ4n) is 3.50. The number of hydrogen-bond acceptors (Lipinski definition) is 3. The van der Waals surface area contributed by atoms with Gasteiger partial charge in [-0.2, -0.15) is 0 Å². The molecule has 0 radical (unpaired) electrons. The lowest BCUT2D eigenvalue weighted by Crippen LogP contribution is -2.48. The molecule has 1 aliphatic carbocycles. The van der Waals surface area contributed by atoms with E-state index in [0.717, 1.165) is 18.8 Å². The van der Waals surface area contributed by atoms with Crippen molar-refractivity contribution in [3.8, 4) is 0 Å². The molecule has 0 spiro atoms. The average Bonchev–Trinajstić information content (AvgIpc) is 2.39. The number of hydrogen-bond donors (Lipinski definition) is 1. The van der Waals surface area contributed by atoms with Crippen LogP contribution >= 0.6 is 0 Å². The largest absolute Gasteiger partial charge is 0.311 e. The maximum atomic E-state index is 11.5. The summed E-state index contributed by atoms with van der Waals surface area (Å²) in [5.41, 5.74) is 0. The van der Waals surface area contributed by atoms with Gasteiger partial charge in [0.05, 0.1) is 6.26 Å². The summed E-state index contributed by atoms with van der Waals surface area (Å²) >= 11 is 0. The highest BCUT2D eigenvalue weighted by Crippen LogP contribution is 2.27. The first-order chi connectivity index (χ1) is 8.97. The van der Waals surface area contributed by atoms with Gasteiger partial charge in [-0.3, -0.25) is 0 Å². The first-order valence-electron chi connectivity index (χ1n) is 7.68. The average molecular weight is 288 g/mol. The van der Waals surface area contributed by atoms with E-state index < -0.39 is 10.0 Å². The van der Waals surface area contributed by atoms with Gasteiger partial charge >= 0.3 is 0 Å². The molecule has 1 N–H and O–H groups in total. The first-order valence-corrected chi connectivity index (χ1v) is 9.53. The van der Waals surface area contributed by atoms with E-state index in [-0.39, 0.29) is 0 Å². The summed E-state index contributed by atoms with van der Waals surface area (Å²) in [5.74, 6) is 0.821.